The minimum absolute atomic E-state index is 0.263. The fraction of sp³-hybridized carbons (Fsp3) is 0.0833. The predicted molar refractivity (Wildman–Crippen MR) is 114 cm³/mol. The number of aryl methyl sites for hydroxylation is 1. The summed E-state index contributed by atoms with van der Waals surface area (Å²) in [5.41, 5.74) is 2.94. The first-order valence-electron chi connectivity index (χ1n) is 9.16. The molecule has 3 nitrogen and oxygen atoms in total. The van der Waals surface area contributed by atoms with E-state index in [9.17, 15) is 8.42 Å². The molecule has 0 aliphatic heterocycles. The highest BCUT2D eigenvalue weighted by Crippen LogP contribution is 2.26. The molecule has 0 aliphatic carbocycles. The minimum atomic E-state index is -3.71. The van der Waals surface area contributed by atoms with Crippen LogP contribution in [0.15, 0.2) is 102 Å². The van der Waals surface area contributed by atoms with Crippen molar-refractivity contribution in [2.24, 2.45) is 0 Å². The Kier molecular flexibility index (Phi) is 4.99. The molecule has 0 aromatic heterocycles. The lowest BCUT2D eigenvalue weighted by Gasteiger charge is -2.20. The number of benzene rings is 4. The average Bonchev–Trinajstić information content (AvgIpc) is 2.73. The second-order valence-corrected chi connectivity index (χ2v) is 8.60. The van der Waals surface area contributed by atoms with E-state index < -0.39 is 16.1 Å². The van der Waals surface area contributed by atoms with Crippen molar-refractivity contribution in [2.75, 3.05) is 0 Å². The van der Waals surface area contributed by atoms with Crippen LogP contribution in [0.2, 0.25) is 0 Å². The van der Waals surface area contributed by atoms with E-state index in [2.05, 4.69) is 4.72 Å². The van der Waals surface area contributed by atoms with Gasteiger partial charge < -0.3 is 0 Å². The van der Waals surface area contributed by atoms with E-state index >= 15 is 0 Å². The first-order valence-corrected chi connectivity index (χ1v) is 10.6. The van der Waals surface area contributed by atoms with Gasteiger partial charge in [-0.3, -0.25) is 0 Å². The van der Waals surface area contributed by atoms with Crippen molar-refractivity contribution in [3.05, 3.63) is 114 Å². The molecular weight excluding hydrogens is 366 g/mol. The third kappa shape index (κ3) is 3.84. The Balaban J connectivity index is 1.75. The molecule has 1 N–H and O–H groups in total. The van der Waals surface area contributed by atoms with Crippen molar-refractivity contribution in [3.63, 3.8) is 0 Å². The smallest absolute Gasteiger partial charge is 0.207 e. The summed E-state index contributed by atoms with van der Waals surface area (Å²) in [5.74, 6) is 0. The molecule has 0 heterocycles. The summed E-state index contributed by atoms with van der Waals surface area (Å²) in [6.07, 6.45) is 0. The molecule has 0 saturated heterocycles. The maximum Gasteiger partial charge on any atom is 0.241 e. The largest absolute Gasteiger partial charge is 0.241 e. The molecule has 1 unspecified atom stereocenters. The van der Waals surface area contributed by atoms with Crippen LogP contribution in [0, 0.1) is 6.92 Å². The van der Waals surface area contributed by atoms with Gasteiger partial charge in [0.15, 0.2) is 0 Å². The normalized spacial score (nSPS) is 12.8. The molecule has 0 radical (unpaired) electrons. The van der Waals surface area contributed by atoms with Crippen molar-refractivity contribution < 1.29 is 8.42 Å². The summed E-state index contributed by atoms with van der Waals surface area (Å²) in [4.78, 5) is 0.263. The van der Waals surface area contributed by atoms with Crippen molar-refractivity contribution in [1.29, 1.82) is 0 Å². The van der Waals surface area contributed by atoms with Gasteiger partial charge in [0.25, 0.3) is 0 Å². The van der Waals surface area contributed by atoms with Crippen molar-refractivity contribution >= 4 is 20.8 Å². The predicted octanol–water partition coefficient (Wildman–Crippen LogP) is 5.22. The first-order chi connectivity index (χ1) is 13.5. The summed E-state index contributed by atoms with van der Waals surface area (Å²) >= 11 is 0. The van der Waals surface area contributed by atoms with Gasteiger partial charge in [0, 0.05) is 0 Å². The molecule has 4 aromatic carbocycles. The second-order valence-electron chi connectivity index (χ2n) is 6.88. The molecule has 0 amide bonds. The van der Waals surface area contributed by atoms with Crippen LogP contribution in [-0.2, 0) is 10.0 Å². The van der Waals surface area contributed by atoms with E-state index in [4.69, 9.17) is 0 Å². The minimum Gasteiger partial charge on any atom is -0.207 e. The van der Waals surface area contributed by atoms with Gasteiger partial charge in [-0.1, -0.05) is 90.5 Å². The summed E-state index contributed by atoms with van der Waals surface area (Å²) < 4.78 is 29.3. The van der Waals surface area contributed by atoms with E-state index in [0.29, 0.717) is 0 Å². The Labute approximate surface area is 165 Å². The molecule has 0 saturated carbocycles. The maximum absolute atomic E-state index is 13.2. The van der Waals surface area contributed by atoms with Crippen LogP contribution >= 0.6 is 0 Å². The van der Waals surface area contributed by atoms with Gasteiger partial charge in [0.2, 0.25) is 10.0 Å². The lowest BCUT2D eigenvalue weighted by molar-refractivity contribution is 0.572. The molecular formula is C24H21NO2S. The highest BCUT2D eigenvalue weighted by molar-refractivity contribution is 7.89. The van der Waals surface area contributed by atoms with Crippen molar-refractivity contribution in [3.8, 4) is 0 Å². The van der Waals surface area contributed by atoms with Crippen LogP contribution in [-0.4, -0.2) is 8.42 Å². The van der Waals surface area contributed by atoms with Crippen LogP contribution < -0.4 is 4.72 Å². The first kappa shape index (κ1) is 18.4. The number of rotatable bonds is 5. The van der Waals surface area contributed by atoms with E-state index in [1.54, 1.807) is 12.1 Å². The summed E-state index contributed by atoms with van der Waals surface area (Å²) in [6.45, 7) is 2.01. The van der Waals surface area contributed by atoms with Gasteiger partial charge in [-0.05, 0) is 41.0 Å². The Morgan fingerprint density at radius 3 is 2.00 bits per heavy atom. The van der Waals surface area contributed by atoms with Gasteiger partial charge in [-0.15, -0.1) is 0 Å². The van der Waals surface area contributed by atoms with Gasteiger partial charge in [-0.2, -0.15) is 4.72 Å². The summed E-state index contributed by atoms with van der Waals surface area (Å²) in [7, 11) is -3.71. The molecule has 0 aliphatic rings. The number of hydrogen-bond acceptors (Lipinski definition) is 2. The van der Waals surface area contributed by atoms with E-state index in [1.807, 2.05) is 91.9 Å². The Hall–Kier alpha value is -2.95. The molecule has 0 bridgehead atoms. The number of fused-ring (bicyclic) bond motifs is 1. The van der Waals surface area contributed by atoms with Crippen LogP contribution in [0.1, 0.15) is 22.7 Å². The Morgan fingerprint density at radius 1 is 0.679 bits per heavy atom. The van der Waals surface area contributed by atoms with Crippen molar-refractivity contribution in [1.82, 2.24) is 4.72 Å². The second kappa shape index (κ2) is 7.58. The molecule has 0 spiro atoms. The standard InChI is InChI=1S/C24H21NO2S/c1-18-11-13-21(14-12-18)24(20-8-3-2-4-9-20)25-28(26,27)23-16-15-19-7-5-6-10-22(19)17-23/h2-17,24-25H,1H3. The zero-order chi connectivity index (χ0) is 19.6. The van der Waals surface area contributed by atoms with Crippen LogP contribution in [0.4, 0.5) is 0 Å². The van der Waals surface area contributed by atoms with Gasteiger partial charge >= 0.3 is 0 Å². The Bertz CT molecular complexity index is 1200. The summed E-state index contributed by atoms with van der Waals surface area (Å²) in [6, 6.07) is 30.1. The molecule has 0 fully saturated rings. The lowest BCUT2D eigenvalue weighted by atomic mass is 9.99. The molecule has 1 atom stereocenters. The van der Waals surface area contributed by atoms with Crippen LogP contribution in [0.5, 0.6) is 0 Å². The fourth-order valence-electron chi connectivity index (χ4n) is 3.29. The SMILES string of the molecule is Cc1ccc(C(NS(=O)(=O)c2ccc3ccccc3c2)c2ccccc2)cc1. The van der Waals surface area contributed by atoms with Gasteiger partial charge in [0.1, 0.15) is 0 Å². The molecule has 4 aromatic rings. The molecule has 140 valence electrons. The van der Waals surface area contributed by atoms with Gasteiger partial charge in [-0.25, -0.2) is 8.42 Å². The number of sulfonamides is 1. The van der Waals surface area contributed by atoms with E-state index in [1.165, 1.54) is 0 Å². The zero-order valence-corrected chi connectivity index (χ0v) is 16.4. The van der Waals surface area contributed by atoms with Gasteiger partial charge in [0.05, 0.1) is 10.9 Å². The highest BCUT2D eigenvalue weighted by Gasteiger charge is 2.23. The Morgan fingerprint density at radius 2 is 1.29 bits per heavy atom. The van der Waals surface area contributed by atoms with E-state index in [0.717, 1.165) is 27.5 Å². The third-order valence-corrected chi connectivity index (χ3v) is 6.27. The highest BCUT2D eigenvalue weighted by atomic mass is 32.2. The topological polar surface area (TPSA) is 46.2 Å². The molecule has 28 heavy (non-hydrogen) atoms. The van der Waals surface area contributed by atoms with Crippen LogP contribution in [0.3, 0.4) is 0 Å². The average molecular weight is 388 g/mol. The third-order valence-electron chi connectivity index (χ3n) is 4.85. The fourth-order valence-corrected chi connectivity index (χ4v) is 4.54. The molecule has 4 rings (SSSR count). The maximum atomic E-state index is 13.2. The van der Waals surface area contributed by atoms with Crippen molar-refractivity contribution in [2.45, 2.75) is 17.9 Å². The number of nitrogens with one attached hydrogen (secondary N) is 1. The van der Waals surface area contributed by atoms with Crippen LogP contribution in [0.25, 0.3) is 10.8 Å². The molecule has 4 heteroatoms. The quantitative estimate of drug-likeness (QED) is 0.510. The monoisotopic (exact) mass is 387 g/mol. The lowest BCUT2D eigenvalue weighted by Crippen LogP contribution is -2.29. The summed E-state index contributed by atoms with van der Waals surface area (Å²) in [5, 5.41) is 1.91. The number of hydrogen-bond donors (Lipinski definition) is 1. The van der Waals surface area contributed by atoms with E-state index in [-0.39, 0.29) is 4.90 Å². The zero-order valence-electron chi connectivity index (χ0n) is 15.5.